The molecule has 7 nitrogen and oxygen atoms in total. The number of ether oxygens (including phenoxy) is 3. The minimum absolute atomic E-state index is 0.185. The highest BCUT2D eigenvalue weighted by atomic mass is 35.5. The number of aryl methyl sites for hydroxylation is 1. The van der Waals surface area contributed by atoms with E-state index < -0.39 is 6.16 Å². The first-order valence-corrected chi connectivity index (χ1v) is 10.4. The fourth-order valence-corrected chi connectivity index (χ4v) is 3.94. The van der Waals surface area contributed by atoms with Crippen LogP contribution in [-0.4, -0.2) is 31.3 Å². The van der Waals surface area contributed by atoms with Gasteiger partial charge in [0.2, 0.25) is 0 Å². The number of nitrogens with one attached hydrogen (secondary N) is 2. The van der Waals surface area contributed by atoms with Crippen LogP contribution in [-0.2, 0) is 9.53 Å². The van der Waals surface area contributed by atoms with Gasteiger partial charge in [-0.05, 0) is 61.4 Å². The van der Waals surface area contributed by atoms with Crippen LogP contribution >= 0.6 is 23.4 Å². The first kappa shape index (κ1) is 21.9. The highest BCUT2D eigenvalue weighted by Crippen LogP contribution is 2.34. The third-order valence-electron chi connectivity index (χ3n) is 4.15. The summed E-state index contributed by atoms with van der Waals surface area (Å²) in [5.74, 6) is 0.404. The van der Waals surface area contributed by atoms with Gasteiger partial charge < -0.3 is 24.8 Å². The lowest BCUT2D eigenvalue weighted by Crippen LogP contribution is -2.31. The van der Waals surface area contributed by atoms with Crippen molar-refractivity contribution in [2.75, 3.05) is 19.0 Å². The third kappa shape index (κ3) is 5.40. The highest BCUT2D eigenvalue weighted by Gasteiger charge is 2.27. The standard InChI is InChI=1S/C21H21ClN2O5S/c1-4-28-21(26)29-16-8-5-13(10-17(16)27-3)11-18-19(25)24-20(30-18)23-15-7-6-14(22)9-12(15)2/h5-11,20,23H,4H2,1-3H3,(H,24,25)/b18-11-. The molecule has 158 valence electrons. The molecular formula is C21H21ClN2O5S. The minimum atomic E-state index is -0.806. The Morgan fingerprint density at radius 2 is 2.07 bits per heavy atom. The van der Waals surface area contributed by atoms with Crippen LogP contribution in [0.3, 0.4) is 0 Å². The molecule has 0 aliphatic carbocycles. The molecule has 0 saturated carbocycles. The molecule has 2 N–H and O–H groups in total. The van der Waals surface area contributed by atoms with Crippen molar-refractivity contribution in [3.05, 3.63) is 57.5 Å². The van der Waals surface area contributed by atoms with E-state index >= 15 is 0 Å². The Bertz CT molecular complexity index is 995. The number of halogens is 1. The number of rotatable bonds is 6. The van der Waals surface area contributed by atoms with Crippen LogP contribution in [0, 0.1) is 6.92 Å². The Balaban J connectivity index is 1.73. The lowest BCUT2D eigenvalue weighted by Gasteiger charge is -2.15. The van der Waals surface area contributed by atoms with Gasteiger partial charge in [0.05, 0.1) is 18.6 Å². The summed E-state index contributed by atoms with van der Waals surface area (Å²) in [5.41, 5.74) is 2.29. The first-order valence-electron chi connectivity index (χ1n) is 9.14. The molecule has 0 aromatic heterocycles. The van der Waals surface area contributed by atoms with E-state index in [-0.39, 0.29) is 23.8 Å². The highest BCUT2D eigenvalue weighted by molar-refractivity contribution is 8.05. The number of hydrogen-bond acceptors (Lipinski definition) is 7. The van der Waals surface area contributed by atoms with Crippen molar-refractivity contribution in [3.8, 4) is 11.5 Å². The zero-order valence-electron chi connectivity index (χ0n) is 16.7. The summed E-state index contributed by atoms with van der Waals surface area (Å²) < 4.78 is 15.2. The van der Waals surface area contributed by atoms with Crippen LogP contribution in [0.5, 0.6) is 11.5 Å². The number of thioether (sulfide) groups is 1. The van der Waals surface area contributed by atoms with Crippen LogP contribution < -0.4 is 20.1 Å². The van der Waals surface area contributed by atoms with E-state index in [4.69, 9.17) is 25.8 Å². The van der Waals surface area contributed by atoms with Gasteiger partial charge in [-0.2, -0.15) is 0 Å². The van der Waals surface area contributed by atoms with E-state index in [1.54, 1.807) is 37.3 Å². The van der Waals surface area contributed by atoms with Gasteiger partial charge in [0, 0.05) is 10.7 Å². The van der Waals surface area contributed by atoms with E-state index in [1.165, 1.54) is 18.9 Å². The maximum Gasteiger partial charge on any atom is 0.513 e. The Morgan fingerprint density at radius 1 is 1.27 bits per heavy atom. The molecule has 2 aromatic rings. The van der Waals surface area contributed by atoms with Gasteiger partial charge in [-0.1, -0.05) is 29.4 Å². The lowest BCUT2D eigenvalue weighted by molar-refractivity contribution is -0.116. The zero-order valence-corrected chi connectivity index (χ0v) is 18.2. The number of anilines is 1. The Kier molecular flexibility index (Phi) is 7.12. The molecule has 2 aromatic carbocycles. The maximum absolute atomic E-state index is 12.4. The quantitative estimate of drug-likeness (QED) is 0.373. The molecule has 3 rings (SSSR count). The van der Waals surface area contributed by atoms with Gasteiger partial charge in [-0.3, -0.25) is 4.79 Å². The largest absolute Gasteiger partial charge is 0.513 e. The van der Waals surface area contributed by atoms with Crippen molar-refractivity contribution < 1.29 is 23.8 Å². The van der Waals surface area contributed by atoms with E-state index in [2.05, 4.69) is 10.6 Å². The fourth-order valence-electron chi connectivity index (χ4n) is 2.74. The molecule has 0 spiro atoms. The van der Waals surface area contributed by atoms with Crippen LogP contribution in [0.1, 0.15) is 18.1 Å². The summed E-state index contributed by atoms with van der Waals surface area (Å²) in [7, 11) is 1.47. The van der Waals surface area contributed by atoms with E-state index in [0.29, 0.717) is 15.7 Å². The second-order valence-corrected chi connectivity index (χ2v) is 7.86. The average Bonchev–Trinajstić information content (AvgIpc) is 3.04. The van der Waals surface area contributed by atoms with Crippen molar-refractivity contribution in [3.63, 3.8) is 0 Å². The molecule has 0 radical (unpaired) electrons. The number of methoxy groups -OCH3 is 1. The van der Waals surface area contributed by atoms with Gasteiger partial charge in [0.1, 0.15) is 0 Å². The first-order chi connectivity index (χ1) is 14.4. The number of benzene rings is 2. The number of amides is 1. The molecule has 1 amide bonds. The number of hydrogen-bond donors (Lipinski definition) is 2. The van der Waals surface area contributed by atoms with E-state index in [9.17, 15) is 9.59 Å². The summed E-state index contributed by atoms with van der Waals surface area (Å²) in [6.45, 7) is 3.84. The third-order valence-corrected chi connectivity index (χ3v) is 5.41. The second kappa shape index (κ2) is 9.77. The summed E-state index contributed by atoms with van der Waals surface area (Å²) in [4.78, 5) is 24.5. The summed E-state index contributed by atoms with van der Waals surface area (Å²) in [6.07, 6.45) is 0.937. The molecular weight excluding hydrogens is 428 g/mol. The summed E-state index contributed by atoms with van der Waals surface area (Å²) in [6, 6.07) is 10.5. The van der Waals surface area contributed by atoms with Crippen molar-refractivity contribution in [1.29, 1.82) is 0 Å². The van der Waals surface area contributed by atoms with Gasteiger partial charge in [-0.15, -0.1) is 0 Å². The van der Waals surface area contributed by atoms with E-state index in [0.717, 1.165) is 16.8 Å². The molecule has 0 bridgehead atoms. The summed E-state index contributed by atoms with van der Waals surface area (Å²) in [5, 5.41) is 6.83. The van der Waals surface area contributed by atoms with Crippen molar-refractivity contribution in [2.45, 2.75) is 19.3 Å². The van der Waals surface area contributed by atoms with Gasteiger partial charge in [0.15, 0.2) is 17.0 Å². The van der Waals surface area contributed by atoms with Gasteiger partial charge in [0.25, 0.3) is 5.91 Å². The second-order valence-electron chi connectivity index (χ2n) is 6.28. The Hall–Kier alpha value is -2.84. The summed E-state index contributed by atoms with van der Waals surface area (Å²) >= 11 is 7.36. The van der Waals surface area contributed by atoms with Crippen LogP contribution in [0.15, 0.2) is 41.3 Å². The lowest BCUT2D eigenvalue weighted by atomic mass is 10.2. The zero-order chi connectivity index (χ0) is 21.7. The molecule has 1 atom stereocenters. The molecule has 1 unspecified atom stereocenters. The molecule has 1 heterocycles. The van der Waals surface area contributed by atoms with Gasteiger partial charge >= 0.3 is 6.16 Å². The van der Waals surface area contributed by atoms with Crippen molar-refractivity contribution in [2.24, 2.45) is 0 Å². The smallest absolute Gasteiger partial charge is 0.493 e. The van der Waals surface area contributed by atoms with Crippen LogP contribution in [0.2, 0.25) is 5.02 Å². The normalized spacial score (nSPS) is 16.9. The Labute approximate surface area is 183 Å². The monoisotopic (exact) mass is 448 g/mol. The van der Waals surface area contributed by atoms with Crippen molar-refractivity contribution in [1.82, 2.24) is 5.32 Å². The van der Waals surface area contributed by atoms with Gasteiger partial charge in [-0.25, -0.2) is 4.79 Å². The average molecular weight is 449 g/mol. The van der Waals surface area contributed by atoms with Crippen LogP contribution in [0.4, 0.5) is 10.5 Å². The molecule has 1 aliphatic rings. The number of carbonyl (C=O) groups is 2. The maximum atomic E-state index is 12.4. The predicted octanol–water partition coefficient (Wildman–Crippen LogP) is 4.79. The van der Waals surface area contributed by atoms with Crippen molar-refractivity contribution >= 4 is 47.2 Å². The topological polar surface area (TPSA) is 85.9 Å². The fraction of sp³-hybridized carbons (Fsp3) is 0.238. The predicted molar refractivity (Wildman–Crippen MR) is 118 cm³/mol. The SMILES string of the molecule is CCOC(=O)Oc1ccc(/C=C2\SC(Nc3ccc(Cl)cc3C)NC2=O)cc1OC. The molecule has 9 heteroatoms. The molecule has 1 aliphatic heterocycles. The molecule has 30 heavy (non-hydrogen) atoms. The van der Waals surface area contributed by atoms with Crippen LogP contribution in [0.25, 0.3) is 6.08 Å². The van der Waals surface area contributed by atoms with E-state index in [1.807, 2.05) is 19.1 Å². The number of carbonyl (C=O) groups excluding carboxylic acids is 2. The minimum Gasteiger partial charge on any atom is -0.493 e. The molecule has 1 fully saturated rings. The molecule has 1 saturated heterocycles. The Morgan fingerprint density at radius 3 is 2.77 bits per heavy atom.